The standard InChI is InChI=1S/C13H33NSi3/c1-12(2)13(15(3,4)5)14(16(6,7)8)17(9,10)11/h1-11H3. The van der Waals surface area contributed by atoms with Crippen LogP contribution in [0.15, 0.2) is 10.9 Å². The Morgan fingerprint density at radius 2 is 0.941 bits per heavy atom. The van der Waals surface area contributed by atoms with Gasteiger partial charge < -0.3 is 4.23 Å². The maximum atomic E-state index is 2.92. The van der Waals surface area contributed by atoms with E-state index in [2.05, 4.69) is 77.0 Å². The van der Waals surface area contributed by atoms with E-state index in [4.69, 9.17) is 0 Å². The van der Waals surface area contributed by atoms with Gasteiger partial charge in [-0.2, -0.15) is 0 Å². The van der Waals surface area contributed by atoms with E-state index in [9.17, 15) is 0 Å². The molecule has 17 heavy (non-hydrogen) atoms. The third kappa shape index (κ3) is 4.75. The first kappa shape index (κ1) is 17.2. The van der Waals surface area contributed by atoms with Crippen molar-refractivity contribution in [2.45, 2.75) is 72.8 Å². The van der Waals surface area contributed by atoms with Crippen LogP contribution in [0.4, 0.5) is 0 Å². The smallest absolute Gasteiger partial charge is 0.137 e. The lowest BCUT2D eigenvalue weighted by atomic mass is 10.4. The molecule has 1 nitrogen and oxygen atoms in total. The van der Waals surface area contributed by atoms with Crippen molar-refractivity contribution in [2.24, 2.45) is 0 Å². The van der Waals surface area contributed by atoms with Crippen LogP contribution in [0.3, 0.4) is 0 Å². The van der Waals surface area contributed by atoms with Crippen molar-refractivity contribution < 1.29 is 0 Å². The normalized spacial score (nSPS) is 13.6. The molecule has 0 aliphatic carbocycles. The number of rotatable bonds is 4. The topological polar surface area (TPSA) is 3.24 Å². The van der Waals surface area contributed by atoms with Gasteiger partial charge in [-0.3, -0.25) is 0 Å². The predicted octanol–water partition coefficient (Wildman–Crippen LogP) is 5.13. The Balaban J connectivity index is 5.87. The predicted molar refractivity (Wildman–Crippen MR) is 90.3 cm³/mol. The summed E-state index contributed by atoms with van der Waals surface area (Å²) in [5, 5.41) is 1.73. The van der Waals surface area contributed by atoms with Gasteiger partial charge in [0.15, 0.2) is 0 Å². The van der Waals surface area contributed by atoms with Gasteiger partial charge in [0.05, 0.1) is 8.07 Å². The SMILES string of the molecule is CC(C)=C(N([Si](C)(C)C)[Si](C)(C)C)[Si](C)(C)C. The minimum Gasteiger partial charge on any atom is -0.432 e. The number of allylic oxidation sites excluding steroid dienone is 1. The second-order valence-corrected chi connectivity index (χ2v) is 23.3. The first-order chi connectivity index (χ1) is 7.19. The highest BCUT2D eigenvalue weighted by Crippen LogP contribution is 2.32. The van der Waals surface area contributed by atoms with Crippen molar-refractivity contribution in [2.75, 3.05) is 0 Å². The molecule has 0 N–H and O–H groups in total. The maximum Gasteiger partial charge on any atom is 0.137 e. The Bertz CT molecular complexity index is 282. The van der Waals surface area contributed by atoms with Crippen LogP contribution >= 0.6 is 0 Å². The van der Waals surface area contributed by atoms with Crippen LogP contribution in [0.1, 0.15) is 13.8 Å². The molecule has 0 aliphatic heterocycles. The van der Waals surface area contributed by atoms with E-state index in [1.165, 1.54) is 0 Å². The average molecular weight is 288 g/mol. The quantitative estimate of drug-likeness (QED) is 0.648. The molecule has 0 amide bonds. The number of nitrogens with zero attached hydrogens (tertiary/aromatic N) is 1. The molecule has 0 bridgehead atoms. The molecule has 0 aromatic carbocycles. The van der Waals surface area contributed by atoms with Crippen molar-refractivity contribution in [1.29, 1.82) is 0 Å². The molecule has 0 atom stereocenters. The summed E-state index contributed by atoms with van der Waals surface area (Å²) in [6, 6.07) is 0. The highest BCUT2D eigenvalue weighted by molar-refractivity contribution is 6.94. The van der Waals surface area contributed by atoms with Gasteiger partial charge in [-0.25, -0.2) is 0 Å². The average Bonchev–Trinajstić information content (AvgIpc) is 1.91. The van der Waals surface area contributed by atoms with Crippen LogP contribution < -0.4 is 0 Å². The Kier molecular flexibility index (Phi) is 5.11. The van der Waals surface area contributed by atoms with Crippen LogP contribution in [0.2, 0.25) is 58.9 Å². The second kappa shape index (κ2) is 5.05. The molecule has 0 saturated carbocycles. The summed E-state index contributed by atoms with van der Waals surface area (Å²) < 4.78 is 2.92. The molecule has 4 heteroatoms. The van der Waals surface area contributed by atoms with Gasteiger partial charge in [-0.15, -0.1) is 0 Å². The van der Waals surface area contributed by atoms with E-state index in [0.29, 0.717) is 0 Å². The maximum absolute atomic E-state index is 2.92. The number of hydrogen-bond donors (Lipinski definition) is 0. The van der Waals surface area contributed by atoms with Crippen molar-refractivity contribution in [3.05, 3.63) is 10.9 Å². The van der Waals surface area contributed by atoms with Crippen LogP contribution in [-0.4, -0.2) is 28.8 Å². The molecule has 0 aromatic rings. The summed E-state index contributed by atoms with van der Waals surface area (Å²) in [6.07, 6.45) is 0. The zero-order valence-corrected chi connectivity index (χ0v) is 16.9. The van der Waals surface area contributed by atoms with Crippen molar-refractivity contribution >= 4 is 24.5 Å². The van der Waals surface area contributed by atoms with E-state index in [1.54, 1.807) is 10.9 Å². The first-order valence-corrected chi connectivity index (χ1v) is 17.1. The lowest BCUT2D eigenvalue weighted by Gasteiger charge is -2.51. The second-order valence-electron chi connectivity index (χ2n) is 8.28. The van der Waals surface area contributed by atoms with Crippen molar-refractivity contribution in [3.8, 4) is 0 Å². The summed E-state index contributed by atoms with van der Waals surface area (Å²) in [5.41, 5.74) is 1.55. The van der Waals surface area contributed by atoms with E-state index in [-0.39, 0.29) is 0 Å². The molecule has 0 aromatic heterocycles. The molecule has 0 rings (SSSR count). The van der Waals surface area contributed by atoms with Crippen LogP contribution in [0.5, 0.6) is 0 Å². The fraction of sp³-hybridized carbons (Fsp3) is 0.846. The van der Waals surface area contributed by atoms with Gasteiger partial charge in [-0.05, 0) is 19.2 Å². The minimum atomic E-state index is -1.29. The van der Waals surface area contributed by atoms with E-state index >= 15 is 0 Å². The third-order valence-corrected chi connectivity index (χ3v) is 12.5. The largest absolute Gasteiger partial charge is 0.432 e. The van der Waals surface area contributed by atoms with Gasteiger partial charge in [0.2, 0.25) is 0 Å². The Morgan fingerprint density at radius 1 is 0.647 bits per heavy atom. The van der Waals surface area contributed by atoms with Gasteiger partial charge in [0.1, 0.15) is 16.5 Å². The summed E-state index contributed by atoms with van der Waals surface area (Å²) in [4.78, 5) is 0. The summed E-state index contributed by atoms with van der Waals surface area (Å²) in [5.74, 6) is 0. The van der Waals surface area contributed by atoms with Crippen molar-refractivity contribution in [3.63, 3.8) is 0 Å². The third-order valence-electron chi connectivity index (χ3n) is 2.75. The fourth-order valence-corrected chi connectivity index (χ4v) is 19.0. The molecule has 0 heterocycles. The lowest BCUT2D eigenvalue weighted by molar-refractivity contribution is 0.781. The van der Waals surface area contributed by atoms with E-state index < -0.39 is 24.5 Å². The van der Waals surface area contributed by atoms with Gasteiger partial charge >= 0.3 is 0 Å². The molecular formula is C13H33NSi3. The minimum absolute atomic E-state index is 1.26. The molecular weight excluding hydrogens is 254 g/mol. The van der Waals surface area contributed by atoms with Crippen LogP contribution in [0, 0.1) is 0 Å². The molecule has 102 valence electrons. The van der Waals surface area contributed by atoms with E-state index in [0.717, 1.165) is 0 Å². The molecule has 0 unspecified atom stereocenters. The highest BCUT2D eigenvalue weighted by Gasteiger charge is 2.40. The van der Waals surface area contributed by atoms with Gasteiger partial charge in [0, 0.05) is 0 Å². The molecule has 0 saturated heterocycles. The summed E-state index contributed by atoms with van der Waals surface area (Å²) in [7, 11) is -3.83. The highest BCUT2D eigenvalue weighted by atomic mass is 28.4. The van der Waals surface area contributed by atoms with Crippen LogP contribution in [0.25, 0.3) is 0 Å². The van der Waals surface area contributed by atoms with E-state index in [1.807, 2.05) is 0 Å². The monoisotopic (exact) mass is 287 g/mol. The first-order valence-electron chi connectivity index (χ1n) is 6.67. The Hall–Kier alpha value is 0.191. The fourth-order valence-electron chi connectivity index (χ4n) is 2.99. The molecule has 0 aliphatic rings. The Labute approximate surface area is 112 Å². The Morgan fingerprint density at radius 3 is 1.00 bits per heavy atom. The summed E-state index contributed by atoms with van der Waals surface area (Å²) >= 11 is 0. The van der Waals surface area contributed by atoms with Crippen LogP contribution in [-0.2, 0) is 0 Å². The number of hydrogen-bond acceptors (Lipinski definition) is 1. The molecule has 0 spiro atoms. The lowest BCUT2D eigenvalue weighted by Crippen LogP contribution is -2.61. The molecule has 0 fully saturated rings. The zero-order chi connectivity index (χ0) is 14.2. The van der Waals surface area contributed by atoms with Gasteiger partial charge in [-0.1, -0.05) is 64.5 Å². The van der Waals surface area contributed by atoms with Gasteiger partial charge in [0.25, 0.3) is 0 Å². The zero-order valence-electron chi connectivity index (χ0n) is 13.9. The summed E-state index contributed by atoms with van der Waals surface area (Å²) in [6.45, 7) is 27.0. The molecule has 0 radical (unpaired) electrons. The van der Waals surface area contributed by atoms with Crippen molar-refractivity contribution in [1.82, 2.24) is 4.23 Å².